The molecular weight excluding hydrogens is 424 g/mol. The van der Waals surface area contributed by atoms with Gasteiger partial charge in [0.1, 0.15) is 4.48 Å². The van der Waals surface area contributed by atoms with Crippen LogP contribution in [0.1, 0.15) is 31.2 Å². The number of rotatable bonds is 3. The topological polar surface area (TPSA) is 99.4 Å². The Labute approximate surface area is 165 Å². The SMILES string of the molecule is COC(=O)C(Br)=Cc1cc(NC(=O)O)ccc1Cl.N#CC1=CCCCC1. The standard InChI is InChI=1S/C11H9BrClNO4.C7H9N/c1-18-10(15)8(12)5-6-4-7(14-11(16)17)2-3-9(6)13;8-6-7-4-2-1-3-5-7/h2-5,14H,1H3,(H,16,17);4H,1-3,5H2. The number of allylic oxidation sites excluding steroid dienone is 2. The molecule has 0 spiro atoms. The number of carbonyl (C=O) groups excluding carboxylic acids is 1. The van der Waals surface area contributed by atoms with Crippen LogP contribution in [0.25, 0.3) is 6.08 Å². The predicted molar refractivity (Wildman–Crippen MR) is 104 cm³/mol. The van der Waals surface area contributed by atoms with Gasteiger partial charge in [0.15, 0.2) is 0 Å². The van der Waals surface area contributed by atoms with Gasteiger partial charge in [0.2, 0.25) is 0 Å². The van der Waals surface area contributed by atoms with E-state index in [9.17, 15) is 9.59 Å². The van der Waals surface area contributed by atoms with Gasteiger partial charge in [0.05, 0.1) is 13.2 Å². The summed E-state index contributed by atoms with van der Waals surface area (Å²) in [5.41, 5.74) is 1.82. The van der Waals surface area contributed by atoms with Gasteiger partial charge in [0.25, 0.3) is 0 Å². The Morgan fingerprint density at radius 1 is 1.42 bits per heavy atom. The molecule has 0 saturated carbocycles. The molecule has 1 aliphatic carbocycles. The molecule has 0 unspecified atom stereocenters. The Morgan fingerprint density at radius 2 is 2.15 bits per heavy atom. The maximum absolute atomic E-state index is 11.2. The quantitative estimate of drug-likeness (QED) is 0.486. The van der Waals surface area contributed by atoms with Crippen LogP contribution in [-0.4, -0.2) is 24.3 Å². The first kappa shape index (κ1) is 21.7. The van der Waals surface area contributed by atoms with Crippen molar-refractivity contribution in [3.8, 4) is 6.07 Å². The summed E-state index contributed by atoms with van der Waals surface area (Å²) in [6, 6.07) is 6.70. The third-order valence-electron chi connectivity index (χ3n) is 3.34. The van der Waals surface area contributed by atoms with Crippen LogP contribution in [0.3, 0.4) is 0 Å². The van der Waals surface area contributed by atoms with Gasteiger partial charge in [-0.3, -0.25) is 5.32 Å². The maximum atomic E-state index is 11.2. The van der Waals surface area contributed by atoms with E-state index in [1.165, 1.54) is 44.2 Å². The van der Waals surface area contributed by atoms with E-state index in [-0.39, 0.29) is 4.48 Å². The van der Waals surface area contributed by atoms with Crippen LogP contribution in [0, 0.1) is 11.3 Å². The van der Waals surface area contributed by atoms with E-state index in [1.54, 1.807) is 0 Å². The highest BCUT2D eigenvalue weighted by molar-refractivity contribution is 9.12. The second-order valence-electron chi connectivity index (χ2n) is 5.24. The summed E-state index contributed by atoms with van der Waals surface area (Å²) in [4.78, 5) is 21.7. The zero-order chi connectivity index (χ0) is 19.5. The van der Waals surface area contributed by atoms with Crippen LogP contribution >= 0.6 is 27.5 Å². The fourth-order valence-electron chi connectivity index (χ4n) is 2.09. The molecule has 0 saturated heterocycles. The van der Waals surface area contributed by atoms with Gasteiger partial charge in [-0.25, -0.2) is 9.59 Å². The largest absolute Gasteiger partial charge is 0.465 e. The summed E-state index contributed by atoms with van der Waals surface area (Å²) < 4.78 is 4.69. The lowest BCUT2D eigenvalue weighted by Crippen LogP contribution is -2.07. The molecule has 0 radical (unpaired) electrons. The molecule has 0 bridgehead atoms. The molecule has 6 nitrogen and oxygen atoms in total. The van der Waals surface area contributed by atoms with Crippen molar-refractivity contribution in [2.24, 2.45) is 0 Å². The van der Waals surface area contributed by atoms with Gasteiger partial charge in [-0.05, 0) is 71.5 Å². The summed E-state index contributed by atoms with van der Waals surface area (Å²) in [5.74, 6) is -0.553. The first-order valence-electron chi connectivity index (χ1n) is 7.71. The number of nitriles is 1. The van der Waals surface area contributed by atoms with Crippen molar-refractivity contribution < 1.29 is 19.4 Å². The van der Waals surface area contributed by atoms with E-state index in [0.717, 1.165) is 18.4 Å². The van der Waals surface area contributed by atoms with E-state index in [2.05, 4.69) is 32.1 Å². The summed E-state index contributed by atoms with van der Waals surface area (Å²) >= 11 is 8.97. The fourth-order valence-corrected chi connectivity index (χ4v) is 2.67. The average Bonchev–Trinajstić information content (AvgIpc) is 2.64. The molecule has 138 valence electrons. The van der Waals surface area contributed by atoms with Gasteiger partial charge in [0, 0.05) is 16.3 Å². The minimum absolute atomic E-state index is 0.180. The normalized spacial score (nSPS) is 13.5. The van der Waals surface area contributed by atoms with Crippen LogP contribution in [0.4, 0.5) is 10.5 Å². The second-order valence-corrected chi connectivity index (χ2v) is 6.50. The van der Waals surface area contributed by atoms with Gasteiger partial charge < -0.3 is 9.84 Å². The smallest absolute Gasteiger partial charge is 0.409 e. The number of nitrogens with zero attached hydrogens (tertiary/aromatic N) is 1. The van der Waals surface area contributed by atoms with E-state index >= 15 is 0 Å². The number of carboxylic acid groups (broad SMARTS) is 1. The Kier molecular flexibility index (Phi) is 9.48. The third kappa shape index (κ3) is 7.72. The van der Waals surface area contributed by atoms with Gasteiger partial charge in [-0.1, -0.05) is 17.7 Å². The summed E-state index contributed by atoms with van der Waals surface area (Å²) in [6.45, 7) is 0. The number of nitrogens with one attached hydrogen (secondary N) is 1. The van der Waals surface area contributed by atoms with E-state index < -0.39 is 12.1 Å². The third-order valence-corrected chi connectivity index (χ3v) is 4.24. The van der Waals surface area contributed by atoms with Crippen molar-refractivity contribution in [2.45, 2.75) is 25.7 Å². The van der Waals surface area contributed by atoms with Crippen LogP contribution in [0.5, 0.6) is 0 Å². The van der Waals surface area contributed by atoms with Crippen molar-refractivity contribution in [1.29, 1.82) is 5.26 Å². The van der Waals surface area contributed by atoms with Crippen LogP contribution < -0.4 is 5.32 Å². The molecule has 1 aliphatic rings. The number of benzene rings is 1. The molecule has 8 heteroatoms. The summed E-state index contributed by atoms with van der Waals surface area (Å²) in [7, 11) is 1.25. The molecule has 0 fully saturated rings. The first-order chi connectivity index (χ1) is 12.4. The fraction of sp³-hybridized carbons (Fsp3) is 0.278. The minimum Gasteiger partial charge on any atom is -0.465 e. The molecular formula is C18H18BrClN2O4. The lowest BCUT2D eigenvalue weighted by molar-refractivity contribution is -0.135. The van der Waals surface area contributed by atoms with Gasteiger partial charge in [-0.15, -0.1) is 0 Å². The van der Waals surface area contributed by atoms with E-state index in [4.69, 9.17) is 22.0 Å². The van der Waals surface area contributed by atoms with Crippen LogP contribution in [0.2, 0.25) is 5.02 Å². The van der Waals surface area contributed by atoms with E-state index in [0.29, 0.717) is 16.3 Å². The highest BCUT2D eigenvalue weighted by Crippen LogP contribution is 2.24. The minimum atomic E-state index is -1.18. The molecule has 26 heavy (non-hydrogen) atoms. The lowest BCUT2D eigenvalue weighted by atomic mass is 10.0. The van der Waals surface area contributed by atoms with Gasteiger partial charge >= 0.3 is 12.1 Å². The number of carbonyl (C=O) groups is 2. The average molecular weight is 442 g/mol. The number of amides is 1. The summed E-state index contributed by atoms with van der Waals surface area (Å²) in [5, 5.41) is 19.5. The van der Waals surface area contributed by atoms with E-state index in [1.807, 2.05) is 6.08 Å². The Balaban J connectivity index is 0.000000350. The number of halogens is 2. The summed E-state index contributed by atoms with van der Waals surface area (Å²) in [6.07, 6.45) is 6.91. The highest BCUT2D eigenvalue weighted by Gasteiger charge is 2.08. The van der Waals surface area contributed by atoms with Crippen molar-refractivity contribution in [2.75, 3.05) is 12.4 Å². The molecule has 2 rings (SSSR count). The molecule has 2 N–H and O–H groups in total. The van der Waals surface area contributed by atoms with Gasteiger partial charge in [-0.2, -0.15) is 5.26 Å². The Hall–Kier alpha value is -2.30. The number of hydrogen-bond donors (Lipinski definition) is 2. The number of ether oxygens (including phenoxy) is 1. The highest BCUT2D eigenvalue weighted by atomic mass is 79.9. The molecule has 1 aromatic rings. The zero-order valence-corrected chi connectivity index (χ0v) is 16.4. The van der Waals surface area contributed by atoms with Crippen molar-refractivity contribution in [3.63, 3.8) is 0 Å². The molecule has 0 heterocycles. The van der Waals surface area contributed by atoms with Crippen molar-refractivity contribution in [3.05, 3.63) is 44.9 Å². The number of hydrogen-bond acceptors (Lipinski definition) is 4. The van der Waals surface area contributed by atoms with Crippen molar-refractivity contribution in [1.82, 2.24) is 0 Å². The number of esters is 1. The Bertz CT molecular complexity index is 769. The van der Waals surface area contributed by atoms with Crippen molar-refractivity contribution >= 4 is 51.4 Å². The van der Waals surface area contributed by atoms with Crippen LogP contribution in [0.15, 0.2) is 34.3 Å². The molecule has 1 aromatic carbocycles. The first-order valence-corrected chi connectivity index (χ1v) is 8.88. The number of methoxy groups -OCH3 is 1. The molecule has 0 atom stereocenters. The lowest BCUT2D eigenvalue weighted by Gasteiger charge is -2.05. The molecule has 0 aromatic heterocycles. The second kappa shape index (κ2) is 11.3. The monoisotopic (exact) mass is 440 g/mol. The maximum Gasteiger partial charge on any atom is 0.409 e. The molecule has 0 aliphatic heterocycles. The molecule has 1 amide bonds. The Morgan fingerprint density at radius 3 is 2.65 bits per heavy atom. The number of anilines is 1. The van der Waals surface area contributed by atoms with Crippen LogP contribution in [-0.2, 0) is 9.53 Å². The zero-order valence-electron chi connectivity index (χ0n) is 14.1. The predicted octanol–water partition coefficient (Wildman–Crippen LogP) is 5.35.